The lowest BCUT2D eigenvalue weighted by atomic mass is 9.78. The molecule has 2 unspecified atom stereocenters. The van der Waals surface area contributed by atoms with Crippen molar-refractivity contribution in [2.75, 3.05) is 18.8 Å². The topological polar surface area (TPSA) is 63.4 Å². The maximum atomic E-state index is 10.9. The molecule has 100 valence electrons. The molecule has 2 fully saturated rings. The predicted molar refractivity (Wildman–Crippen MR) is 69.1 cm³/mol. The van der Waals surface area contributed by atoms with Crippen LogP contribution in [0.5, 0.6) is 0 Å². The summed E-state index contributed by atoms with van der Waals surface area (Å²) in [5.74, 6) is 0.993. The number of fused-ring (bicyclic) bond motifs is 1. The first-order valence-corrected chi connectivity index (χ1v) is 8.52. The van der Waals surface area contributed by atoms with Crippen molar-refractivity contribution in [1.29, 1.82) is 0 Å². The van der Waals surface area contributed by atoms with Crippen molar-refractivity contribution < 1.29 is 8.42 Å². The standard InChI is InChI=1S/C12H24N2O2S/c13-17(15,16)10-4-9-14-8-3-6-11-5-1-2-7-12(11)14/h11-12H,1-10H2,(H2,13,15,16). The zero-order valence-corrected chi connectivity index (χ0v) is 11.3. The minimum absolute atomic E-state index is 0.126. The Labute approximate surface area is 105 Å². The summed E-state index contributed by atoms with van der Waals surface area (Å²) in [5.41, 5.74) is 0. The largest absolute Gasteiger partial charge is 0.300 e. The van der Waals surface area contributed by atoms with Crippen LogP contribution in [0, 0.1) is 5.92 Å². The van der Waals surface area contributed by atoms with Gasteiger partial charge in [-0.25, -0.2) is 13.6 Å². The second-order valence-corrected chi connectivity index (χ2v) is 7.24. The Balaban J connectivity index is 1.82. The molecule has 0 aromatic heterocycles. The van der Waals surface area contributed by atoms with Crippen LogP contribution in [0.4, 0.5) is 0 Å². The minimum atomic E-state index is -3.28. The Kier molecular flexibility index (Phi) is 4.44. The van der Waals surface area contributed by atoms with Crippen LogP contribution in [-0.2, 0) is 10.0 Å². The van der Waals surface area contributed by atoms with Crippen molar-refractivity contribution in [3.05, 3.63) is 0 Å². The van der Waals surface area contributed by atoms with E-state index < -0.39 is 10.0 Å². The van der Waals surface area contributed by atoms with E-state index in [9.17, 15) is 8.42 Å². The van der Waals surface area contributed by atoms with Gasteiger partial charge >= 0.3 is 0 Å². The highest BCUT2D eigenvalue weighted by molar-refractivity contribution is 7.89. The average Bonchev–Trinajstić information content (AvgIpc) is 2.28. The van der Waals surface area contributed by atoms with Gasteiger partial charge in [-0.3, -0.25) is 0 Å². The van der Waals surface area contributed by atoms with Crippen molar-refractivity contribution in [3.8, 4) is 0 Å². The number of nitrogens with two attached hydrogens (primary N) is 1. The maximum Gasteiger partial charge on any atom is 0.209 e. The van der Waals surface area contributed by atoms with Crippen LogP contribution in [0.25, 0.3) is 0 Å². The van der Waals surface area contributed by atoms with E-state index in [-0.39, 0.29) is 5.75 Å². The van der Waals surface area contributed by atoms with E-state index in [4.69, 9.17) is 5.14 Å². The first-order chi connectivity index (χ1) is 8.06. The van der Waals surface area contributed by atoms with Crippen molar-refractivity contribution in [2.24, 2.45) is 11.1 Å². The van der Waals surface area contributed by atoms with Gasteiger partial charge in [-0.15, -0.1) is 0 Å². The zero-order chi connectivity index (χ0) is 12.3. The van der Waals surface area contributed by atoms with Gasteiger partial charge in [-0.2, -0.15) is 0 Å². The molecule has 0 spiro atoms. The molecular formula is C12H24N2O2S. The van der Waals surface area contributed by atoms with Crippen LogP contribution in [0.1, 0.15) is 44.9 Å². The number of likely N-dealkylation sites (tertiary alicyclic amines) is 1. The number of rotatable bonds is 4. The Bertz CT molecular complexity index is 340. The van der Waals surface area contributed by atoms with Gasteiger partial charge in [0.25, 0.3) is 0 Å². The van der Waals surface area contributed by atoms with Gasteiger partial charge in [0.2, 0.25) is 10.0 Å². The molecule has 1 saturated heterocycles. The zero-order valence-electron chi connectivity index (χ0n) is 10.5. The fraction of sp³-hybridized carbons (Fsp3) is 1.00. The molecule has 17 heavy (non-hydrogen) atoms. The maximum absolute atomic E-state index is 10.9. The molecule has 5 heteroatoms. The quantitative estimate of drug-likeness (QED) is 0.829. The summed E-state index contributed by atoms with van der Waals surface area (Å²) in [6.45, 7) is 2.05. The summed E-state index contributed by atoms with van der Waals surface area (Å²) in [6, 6.07) is 0.720. The highest BCUT2D eigenvalue weighted by atomic mass is 32.2. The number of piperidine rings is 1. The molecule has 0 radical (unpaired) electrons. The highest BCUT2D eigenvalue weighted by Gasteiger charge is 2.32. The van der Waals surface area contributed by atoms with Crippen LogP contribution in [-0.4, -0.2) is 38.2 Å². The molecule has 4 nitrogen and oxygen atoms in total. The second kappa shape index (κ2) is 5.67. The SMILES string of the molecule is NS(=O)(=O)CCCN1CCCC2CCCCC21. The minimum Gasteiger partial charge on any atom is -0.300 e. The molecule has 1 aliphatic carbocycles. The van der Waals surface area contributed by atoms with Gasteiger partial charge in [0.15, 0.2) is 0 Å². The fourth-order valence-electron chi connectivity index (χ4n) is 3.47. The molecule has 0 amide bonds. The van der Waals surface area contributed by atoms with E-state index in [1.165, 1.54) is 38.5 Å². The summed E-state index contributed by atoms with van der Waals surface area (Å²) < 4.78 is 21.8. The van der Waals surface area contributed by atoms with Crippen molar-refractivity contribution in [1.82, 2.24) is 4.90 Å². The van der Waals surface area contributed by atoms with Crippen LogP contribution in [0.3, 0.4) is 0 Å². The molecule has 2 atom stereocenters. The summed E-state index contributed by atoms with van der Waals surface area (Å²) in [5, 5.41) is 5.04. The van der Waals surface area contributed by atoms with E-state index in [2.05, 4.69) is 4.90 Å². The van der Waals surface area contributed by atoms with E-state index >= 15 is 0 Å². The molecule has 0 aromatic carbocycles. The number of nitrogens with zero attached hydrogens (tertiary/aromatic N) is 1. The molecule has 1 heterocycles. The lowest BCUT2D eigenvalue weighted by molar-refractivity contribution is 0.0613. The van der Waals surface area contributed by atoms with Gasteiger partial charge in [0, 0.05) is 6.04 Å². The molecule has 0 aromatic rings. The number of sulfonamides is 1. The molecule has 1 saturated carbocycles. The normalized spacial score (nSPS) is 31.1. The lowest BCUT2D eigenvalue weighted by Crippen LogP contribution is -2.47. The monoisotopic (exact) mass is 260 g/mol. The third-order valence-corrected chi connectivity index (χ3v) is 5.09. The van der Waals surface area contributed by atoms with E-state index in [1.54, 1.807) is 0 Å². The van der Waals surface area contributed by atoms with E-state index in [0.29, 0.717) is 6.42 Å². The molecule has 0 bridgehead atoms. The first kappa shape index (κ1) is 13.3. The number of hydrogen-bond acceptors (Lipinski definition) is 3. The van der Waals surface area contributed by atoms with Gasteiger partial charge < -0.3 is 4.90 Å². The molecule has 2 aliphatic rings. The third-order valence-electron chi connectivity index (χ3n) is 4.23. The van der Waals surface area contributed by atoms with Crippen LogP contribution in [0.15, 0.2) is 0 Å². The Morgan fingerprint density at radius 1 is 1.12 bits per heavy atom. The summed E-state index contributed by atoms with van der Waals surface area (Å²) >= 11 is 0. The summed E-state index contributed by atoms with van der Waals surface area (Å²) in [7, 11) is -3.28. The molecule has 2 rings (SSSR count). The Morgan fingerprint density at radius 2 is 1.82 bits per heavy atom. The Morgan fingerprint density at radius 3 is 2.59 bits per heavy atom. The molecular weight excluding hydrogens is 236 g/mol. The number of hydrogen-bond donors (Lipinski definition) is 1. The molecule has 2 N–H and O–H groups in total. The second-order valence-electron chi connectivity index (χ2n) is 5.51. The van der Waals surface area contributed by atoms with Gasteiger partial charge in [0.05, 0.1) is 5.75 Å². The van der Waals surface area contributed by atoms with Gasteiger partial charge in [-0.1, -0.05) is 12.8 Å². The van der Waals surface area contributed by atoms with Gasteiger partial charge in [-0.05, 0) is 51.1 Å². The first-order valence-electron chi connectivity index (χ1n) is 6.81. The van der Waals surface area contributed by atoms with Crippen molar-refractivity contribution in [2.45, 2.75) is 51.0 Å². The van der Waals surface area contributed by atoms with Crippen molar-refractivity contribution in [3.63, 3.8) is 0 Å². The Hall–Kier alpha value is -0.130. The summed E-state index contributed by atoms with van der Waals surface area (Å²) in [4.78, 5) is 2.51. The van der Waals surface area contributed by atoms with Crippen LogP contribution in [0.2, 0.25) is 0 Å². The van der Waals surface area contributed by atoms with Crippen LogP contribution < -0.4 is 5.14 Å². The van der Waals surface area contributed by atoms with Crippen molar-refractivity contribution >= 4 is 10.0 Å². The smallest absolute Gasteiger partial charge is 0.209 e. The van der Waals surface area contributed by atoms with Crippen LogP contribution >= 0.6 is 0 Å². The van der Waals surface area contributed by atoms with E-state index in [1.807, 2.05) is 0 Å². The molecule has 1 aliphatic heterocycles. The third kappa shape index (κ3) is 3.93. The average molecular weight is 260 g/mol. The van der Waals surface area contributed by atoms with Gasteiger partial charge in [0.1, 0.15) is 0 Å². The highest BCUT2D eigenvalue weighted by Crippen LogP contribution is 2.35. The van der Waals surface area contributed by atoms with E-state index in [0.717, 1.165) is 25.0 Å². The number of primary sulfonamides is 1. The summed E-state index contributed by atoms with van der Waals surface area (Å²) in [6.07, 6.45) is 8.73. The fourth-order valence-corrected chi connectivity index (χ4v) is 4.01. The predicted octanol–water partition coefficient (Wildman–Crippen LogP) is 1.32. The lowest BCUT2D eigenvalue weighted by Gasteiger charge is -2.44.